The molecule has 0 aromatic rings. The van der Waals surface area contributed by atoms with Gasteiger partial charge in [0.2, 0.25) is 0 Å². The van der Waals surface area contributed by atoms with E-state index in [2.05, 4.69) is 0 Å². The number of carbonyl (C=O) groups excluding carboxylic acids is 1. The molecule has 0 saturated heterocycles. The topological polar surface area (TPSA) is 52.6 Å². The van der Waals surface area contributed by atoms with E-state index in [4.69, 9.17) is 4.74 Å². The summed E-state index contributed by atoms with van der Waals surface area (Å²) in [6, 6.07) is 0. The third kappa shape index (κ3) is 7.50. The summed E-state index contributed by atoms with van der Waals surface area (Å²) in [4.78, 5) is 10.8. The van der Waals surface area contributed by atoms with Crippen molar-refractivity contribution in [3.63, 3.8) is 0 Å². The minimum absolute atomic E-state index is 0.175. The van der Waals surface area contributed by atoms with Gasteiger partial charge in [0.25, 0.3) is 0 Å². The molecule has 0 N–H and O–H groups in total. The van der Waals surface area contributed by atoms with Gasteiger partial charge in [0.15, 0.2) is 0 Å². The fraction of sp³-hybridized carbons (Fsp3) is 0.875. The first kappa shape index (κ1) is 11.4. The smallest absolute Gasteiger partial charge is 0.305 e. The zero-order valence-corrected chi connectivity index (χ0v) is 7.71. The van der Waals surface area contributed by atoms with Gasteiger partial charge in [0, 0.05) is 6.42 Å². The normalized spacial score (nSPS) is 10.3. The maximum Gasteiger partial charge on any atom is 0.305 e. The number of nitrogens with zero attached hydrogens (tertiary/aromatic N) is 1. The second kappa shape index (κ2) is 7.06. The monoisotopic (exact) mass is 174 g/mol. The molecule has 0 aromatic carbocycles. The molecular formula is C8H16NO3-. The molecule has 0 radical (unpaired) electrons. The molecule has 0 unspecified atom stereocenters. The van der Waals surface area contributed by atoms with Crippen molar-refractivity contribution in [2.45, 2.75) is 26.2 Å². The second-order valence-corrected chi connectivity index (χ2v) is 2.61. The Balaban J connectivity index is 3.14. The highest BCUT2D eigenvalue weighted by Crippen LogP contribution is 1.98. The van der Waals surface area contributed by atoms with Gasteiger partial charge in [0.1, 0.15) is 0 Å². The molecule has 72 valence electrons. The Morgan fingerprint density at radius 1 is 1.50 bits per heavy atom. The first-order valence-electron chi connectivity index (χ1n) is 4.20. The molecule has 0 aliphatic heterocycles. The number of esters is 1. The zero-order chi connectivity index (χ0) is 9.40. The summed E-state index contributed by atoms with van der Waals surface area (Å²) in [7, 11) is 1.48. The SMILES string of the molecule is CCOC(=O)CCCCN(C)[O-]. The van der Waals surface area contributed by atoms with Crippen molar-refractivity contribution in [3.8, 4) is 0 Å². The van der Waals surface area contributed by atoms with Gasteiger partial charge in [-0.1, -0.05) is 0 Å². The average Bonchev–Trinajstić information content (AvgIpc) is 1.98. The van der Waals surface area contributed by atoms with Gasteiger partial charge in [-0.05, 0) is 33.4 Å². The molecule has 4 heteroatoms. The Morgan fingerprint density at radius 3 is 2.67 bits per heavy atom. The molecule has 0 atom stereocenters. The molecule has 0 heterocycles. The van der Waals surface area contributed by atoms with Crippen molar-refractivity contribution in [2.75, 3.05) is 20.2 Å². The molecule has 0 bridgehead atoms. The van der Waals surface area contributed by atoms with Crippen LogP contribution in [0.2, 0.25) is 0 Å². The largest absolute Gasteiger partial charge is 0.785 e. The molecule has 0 aromatic heterocycles. The van der Waals surface area contributed by atoms with Crippen LogP contribution in [-0.2, 0) is 9.53 Å². The molecule has 0 amide bonds. The van der Waals surface area contributed by atoms with Gasteiger partial charge in [-0.3, -0.25) is 4.79 Å². The van der Waals surface area contributed by atoms with Crippen LogP contribution in [0, 0.1) is 5.21 Å². The van der Waals surface area contributed by atoms with Gasteiger partial charge in [-0.25, -0.2) is 0 Å². The van der Waals surface area contributed by atoms with E-state index in [1.54, 1.807) is 6.92 Å². The third-order valence-electron chi connectivity index (χ3n) is 1.41. The van der Waals surface area contributed by atoms with E-state index in [9.17, 15) is 10.0 Å². The van der Waals surface area contributed by atoms with Crippen LogP contribution in [0.5, 0.6) is 0 Å². The lowest BCUT2D eigenvalue weighted by molar-refractivity contribution is -0.143. The average molecular weight is 174 g/mol. The maximum absolute atomic E-state index is 10.8. The van der Waals surface area contributed by atoms with E-state index in [0.29, 0.717) is 19.6 Å². The minimum atomic E-state index is -0.175. The quantitative estimate of drug-likeness (QED) is 0.344. The minimum Gasteiger partial charge on any atom is -0.785 e. The van der Waals surface area contributed by atoms with E-state index in [0.717, 1.165) is 17.9 Å². The molecular weight excluding hydrogens is 158 g/mol. The van der Waals surface area contributed by atoms with Gasteiger partial charge in [0.05, 0.1) is 6.61 Å². The molecule has 0 rings (SSSR count). The number of ether oxygens (including phenoxy) is 1. The van der Waals surface area contributed by atoms with Crippen molar-refractivity contribution >= 4 is 5.97 Å². The molecule has 0 saturated carbocycles. The van der Waals surface area contributed by atoms with E-state index in [1.807, 2.05) is 0 Å². The van der Waals surface area contributed by atoms with Gasteiger partial charge in [-0.15, -0.1) is 0 Å². The van der Waals surface area contributed by atoms with Crippen LogP contribution in [0.15, 0.2) is 0 Å². The lowest BCUT2D eigenvalue weighted by atomic mass is 10.2. The summed E-state index contributed by atoms with van der Waals surface area (Å²) < 4.78 is 4.72. The Hall–Kier alpha value is -0.610. The number of rotatable bonds is 6. The van der Waals surface area contributed by atoms with Crippen LogP contribution < -0.4 is 0 Å². The van der Waals surface area contributed by atoms with Crippen LogP contribution in [-0.4, -0.2) is 31.2 Å². The van der Waals surface area contributed by atoms with E-state index in [-0.39, 0.29) is 5.97 Å². The number of hydroxylamine groups is 2. The van der Waals surface area contributed by atoms with Crippen LogP contribution in [0.1, 0.15) is 26.2 Å². The van der Waals surface area contributed by atoms with Crippen molar-refractivity contribution in [3.05, 3.63) is 5.21 Å². The van der Waals surface area contributed by atoms with Gasteiger partial charge in [-0.2, -0.15) is 0 Å². The lowest BCUT2D eigenvalue weighted by Gasteiger charge is -2.20. The zero-order valence-electron chi connectivity index (χ0n) is 7.71. The van der Waals surface area contributed by atoms with E-state index < -0.39 is 0 Å². The summed E-state index contributed by atoms with van der Waals surface area (Å²) in [5.74, 6) is -0.175. The molecule has 0 aliphatic carbocycles. The molecule has 12 heavy (non-hydrogen) atoms. The predicted octanol–water partition coefficient (Wildman–Crippen LogP) is 1.15. The lowest BCUT2D eigenvalue weighted by Crippen LogP contribution is -2.11. The van der Waals surface area contributed by atoms with Crippen LogP contribution >= 0.6 is 0 Å². The highest BCUT2D eigenvalue weighted by molar-refractivity contribution is 5.69. The van der Waals surface area contributed by atoms with Crippen LogP contribution in [0.3, 0.4) is 0 Å². The molecule has 0 fully saturated rings. The standard InChI is InChI=1S/C8H16NO3/c1-3-12-8(10)6-4-5-7-9(2)11/h3-7H2,1-2H3/q-1. The van der Waals surface area contributed by atoms with Crippen LogP contribution in [0.4, 0.5) is 0 Å². The Kier molecular flexibility index (Phi) is 6.70. The summed E-state index contributed by atoms with van der Waals surface area (Å²) in [6.07, 6.45) is 1.89. The van der Waals surface area contributed by atoms with Crippen LogP contribution in [0.25, 0.3) is 0 Å². The molecule has 0 spiro atoms. The predicted molar refractivity (Wildman–Crippen MR) is 46.5 cm³/mol. The highest BCUT2D eigenvalue weighted by atomic mass is 16.5. The number of carbonyl (C=O) groups is 1. The van der Waals surface area contributed by atoms with Crippen molar-refractivity contribution < 1.29 is 9.53 Å². The van der Waals surface area contributed by atoms with Crippen molar-refractivity contribution in [2.24, 2.45) is 0 Å². The molecule has 0 aliphatic rings. The Morgan fingerprint density at radius 2 is 2.17 bits per heavy atom. The van der Waals surface area contributed by atoms with Crippen molar-refractivity contribution in [1.29, 1.82) is 0 Å². The summed E-state index contributed by atoms with van der Waals surface area (Å²) in [5, 5.41) is 11.3. The first-order valence-corrected chi connectivity index (χ1v) is 4.20. The molecule has 4 nitrogen and oxygen atoms in total. The fourth-order valence-corrected chi connectivity index (χ4v) is 0.837. The van der Waals surface area contributed by atoms with Gasteiger partial charge < -0.3 is 15.0 Å². The summed E-state index contributed by atoms with van der Waals surface area (Å²) in [5.41, 5.74) is 0. The van der Waals surface area contributed by atoms with Gasteiger partial charge >= 0.3 is 5.97 Å². The number of unbranched alkanes of at least 4 members (excludes halogenated alkanes) is 1. The number of hydrogen-bond acceptors (Lipinski definition) is 4. The summed E-state index contributed by atoms with van der Waals surface area (Å²) in [6.45, 7) is 2.70. The fourth-order valence-electron chi connectivity index (χ4n) is 0.837. The third-order valence-corrected chi connectivity index (χ3v) is 1.41. The first-order chi connectivity index (χ1) is 5.66. The summed E-state index contributed by atoms with van der Waals surface area (Å²) >= 11 is 0. The van der Waals surface area contributed by atoms with Crippen molar-refractivity contribution in [1.82, 2.24) is 5.06 Å². The second-order valence-electron chi connectivity index (χ2n) is 2.61. The maximum atomic E-state index is 10.8. The highest BCUT2D eigenvalue weighted by Gasteiger charge is 1.99. The van der Waals surface area contributed by atoms with E-state index >= 15 is 0 Å². The van der Waals surface area contributed by atoms with E-state index in [1.165, 1.54) is 7.05 Å². The Labute approximate surface area is 73.1 Å². The Bertz CT molecular complexity index is 125. The number of hydrogen-bond donors (Lipinski definition) is 0.